The van der Waals surface area contributed by atoms with E-state index in [2.05, 4.69) is 20.2 Å². The fraction of sp³-hybridized carbons (Fsp3) is 0.455. The number of nitrogens with two attached hydrogens (primary N) is 1. The van der Waals surface area contributed by atoms with E-state index in [1.54, 1.807) is 11.9 Å². The number of amides is 1. The van der Waals surface area contributed by atoms with E-state index in [0.717, 1.165) is 15.4 Å². The van der Waals surface area contributed by atoms with Gasteiger partial charge in [-0.3, -0.25) is 4.79 Å². The van der Waals surface area contributed by atoms with E-state index in [-0.39, 0.29) is 31.2 Å². The zero-order valence-corrected chi connectivity index (χ0v) is 12.8. The standard InChI is InChI=1S/C11H14BN8O4/c1-18(4-7(21)24-6-15-12)2-3-20-11(23)19-5-14-8(9(13)22)10(19)16-17-20/h5H,2-4,6H2,1H3,(H2,13,22). The number of primary amides is 1. The fourth-order valence-corrected chi connectivity index (χ4v) is 1.87. The Morgan fingerprint density at radius 3 is 2.92 bits per heavy atom. The number of hydrogen-bond donors (Lipinski definition) is 1. The molecule has 0 aliphatic heterocycles. The van der Waals surface area contributed by atoms with Crippen molar-refractivity contribution in [1.29, 1.82) is 0 Å². The van der Waals surface area contributed by atoms with Gasteiger partial charge in [-0.25, -0.2) is 4.98 Å². The summed E-state index contributed by atoms with van der Waals surface area (Å²) >= 11 is 0. The maximum absolute atomic E-state index is 12.2. The second-order valence-corrected chi connectivity index (χ2v) is 4.81. The summed E-state index contributed by atoms with van der Waals surface area (Å²) in [5, 5.41) is 7.51. The minimum atomic E-state index is -0.800. The Morgan fingerprint density at radius 2 is 2.25 bits per heavy atom. The molecule has 0 aliphatic rings. The molecule has 0 spiro atoms. The topological polar surface area (TPSA) is 150 Å². The van der Waals surface area contributed by atoms with E-state index in [9.17, 15) is 14.4 Å². The van der Waals surface area contributed by atoms with Gasteiger partial charge in [0.05, 0.1) is 0 Å². The number of carbonyl (C=O) groups is 2. The summed E-state index contributed by atoms with van der Waals surface area (Å²) in [4.78, 5) is 43.3. The molecule has 2 aromatic rings. The van der Waals surface area contributed by atoms with Gasteiger partial charge in [-0.15, -0.1) is 0 Å². The number of carbonyl (C=O) groups excluding carboxylic acids is 2. The molecule has 125 valence electrons. The molecule has 0 atom stereocenters. The van der Waals surface area contributed by atoms with Crippen LogP contribution in [0.15, 0.2) is 16.0 Å². The van der Waals surface area contributed by atoms with Crippen molar-refractivity contribution in [3.8, 4) is 0 Å². The van der Waals surface area contributed by atoms with Crippen LogP contribution in [0.1, 0.15) is 10.5 Å². The number of nitrogens with zero attached hydrogens (tertiary/aromatic N) is 7. The first kappa shape index (κ1) is 17.4. The van der Waals surface area contributed by atoms with Crippen LogP contribution in [0.2, 0.25) is 0 Å². The van der Waals surface area contributed by atoms with Crippen LogP contribution in [-0.4, -0.2) is 75.7 Å². The van der Waals surface area contributed by atoms with Crippen LogP contribution in [0.5, 0.6) is 0 Å². The molecule has 0 unspecified atom stereocenters. The van der Waals surface area contributed by atoms with Crippen molar-refractivity contribution in [3.63, 3.8) is 0 Å². The first-order chi connectivity index (χ1) is 11.4. The van der Waals surface area contributed by atoms with Gasteiger partial charge in [-0.1, -0.05) is 0 Å². The second-order valence-electron chi connectivity index (χ2n) is 4.81. The summed E-state index contributed by atoms with van der Waals surface area (Å²) in [7, 11) is 6.54. The van der Waals surface area contributed by atoms with Crippen LogP contribution in [0.3, 0.4) is 0 Å². The summed E-state index contributed by atoms with van der Waals surface area (Å²) in [6.07, 6.45) is 1.15. The van der Waals surface area contributed by atoms with Gasteiger partial charge >= 0.3 is 108 Å². The molecule has 2 rings (SSSR count). The molecule has 24 heavy (non-hydrogen) atoms. The predicted molar refractivity (Wildman–Crippen MR) is 80.2 cm³/mol. The van der Waals surface area contributed by atoms with Gasteiger partial charge < -0.3 is 5.73 Å². The van der Waals surface area contributed by atoms with Crippen LogP contribution in [0.4, 0.5) is 0 Å². The Kier molecular flexibility index (Phi) is 5.47. The summed E-state index contributed by atoms with van der Waals surface area (Å²) in [5.41, 5.74) is 4.47. The van der Waals surface area contributed by atoms with E-state index >= 15 is 0 Å². The van der Waals surface area contributed by atoms with Gasteiger partial charge in [-0.05, 0) is 0 Å². The van der Waals surface area contributed by atoms with E-state index in [4.69, 9.17) is 18.1 Å². The average molecular weight is 333 g/mol. The van der Waals surface area contributed by atoms with Crippen molar-refractivity contribution in [2.75, 3.05) is 26.9 Å². The van der Waals surface area contributed by atoms with Crippen molar-refractivity contribution in [2.24, 2.45) is 10.6 Å². The van der Waals surface area contributed by atoms with Crippen LogP contribution in [0, 0.1) is 0 Å². The maximum atomic E-state index is 12.2. The Labute approximate surface area is 136 Å². The Morgan fingerprint density at radius 1 is 1.50 bits per heavy atom. The molecule has 12 nitrogen and oxygen atoms in total. The Bertz CT molecular complexity index is 831. The van der Waals surface area contributed by atoms with Crippen LogP contribution in [-0.2, 0) is 16.1 Å². The molecule has 2 aromatic heterocycles. The number of hydrogen-bond acceptors (Lipinski definition) is 9. The average Bonchev–Trinajstić information content (AvgIpc) is 2.97. The molecule has 0 saturated heterocycles. The van der Waals surface area contributed by atoms with Gasteiger partial charge in [0.25, 0.3) is 5.91 Å². The molecule has 1 amide bonds. The van der Waals surface area contributed by atoms with Crippen LogP contribution in [0.25, 0.3) is 5.65 Å². The molecule has 2 N–H and O–H groups in total. The molecular formula is C11H14BN8O4. The zero-order chi connectivity index (χ0) is 17.7. The molecule has 1 radical (unpaired) electrons. The quantitative estimate of drug-likeness (QED) is 0.401. The molecule has 0 bridgehead atoms. The third kappa shape index (κ3) is 3.87. The summed E-state index contributed by atoms with van der Waals surface area (Å²) in [6, 6.07) is 0. The molecule has 0 aromatic carbocycles. The molecule has 0 fully saturated rings. The van der Waals surface area contributed by atoms with E-state index in [0.29, 0.717) is 6.54 Å². The van der Waals surface area contributed by atoms with Crippen molar-refractivity contribution in [2.45, 2.75) is 6.54 Å². The van der Waals surface area contributed by atoms with Gasteiger partial charge in [-0.2, -0.15) is 0 Å². The monoisotopic (exact) mass is 333 g/mol. The number of aromatic nitrogens is 5. The number of esters is 1. The Hall–Kier alpha value is -2.96. The van der Waals surface area contributed by atoms with Crippen molar-refractivity contribution < 1.29 is 14.3 Å². The first-order valence-corrected chi connectivity index (χ1v) is 6.75. The SMILES string of the molecule is [B]=NCOC(=O)CN(C)CCn1nnc2c(C(N)=O)ncn2c1=O. The molecule has 0 saturated carbocycles. The summed E-state index contributed by atoms with van der Waals surface area (Å²) in [6.45, 7) is 0.275. The number of ether oxygens (including phenoxy) is 1. The second kappa shape index (κ2) is 7.54. The summed E-state index contributed by atoms with van der Waals surface area (Å²) < 4.78 is 6.85. The third-order valence-electron chi connectivity index (χ3n) is 3.04. The van der Waals surface area contributed by atoms with Gasteiger partial charge in [0, 0.05) is 0 Å². The number of likely N-dealkylation sites (N-methyl/N-ethyl adjacent to an activating group) is 1. The zero-order valence-electron chi connectivity index (χ0n) is 12.8. The fourth-order valence-electron chi connectivity index (χ4n) is 1.87. The molecular weight excluding hydrogens is 319 g/mol. The molecule has 0 aliphatic carbocycles. The van der Waals surface area contributed by atoms with E-state index in [1.807, 2.05) is 0 Å². The van der Waals surface area contributed by atoms with E-state index < -0.39 is 17.6 Å². The number of fused-ring (bicyclic) bond motifs is 1. The first-order valence-electron chi connectivity index (χ1n) is 6.75. The van der Waals surface area contributed by atoms with Crippen LogP contribution >= 0.6 is 0 Å². The van der Waals surface area contributed by atoms with Crippen molar-refractivity contribution in [3.05, 3.63) is 22.5 Å². The van der Waals surface area contributed by atoms with Crippen LogP contribution < -0.4 is 11.4 Å². The van der Waals surface area contributed by atoms with Gasteiger partial charge in [0.1, 0.15) is 0 Å². The third-order valence-corrected chi connectivity index (χ3v) is 3.04. The van der Waals surface area contributed by atoms with Gasteiger partial charge in [0.15, 0.2) is 5.69 Å². The van der Waals surface area contributed by atoms with Crippen molar-refractivity contribution in [1.82, 2.24) is 29.3 Å². The Balaban J connectivity index is 2.04. The number of imidazole rings is 1. The normalized spacial score (nSPS) is 10.9. The van der Waals surface area contributed by atoms with Crippen molar-refractivity contribution >= 4 is 25.2 Å². The van der Waals surface area contributed by atoms with Gasteiger partial charge in [0.2, 0.25) is 0 Å². The predicted octanol–water partition coefficient (Wildman–Crippen LogP) is -2.83. The minimum absolute atomic E-state index is 0.00313. The van der Waals surface area contributed by atoms with E-state index in [1.165, 1.54) is 0 Å². The molecule has 2 heterocycles. The molecule has 13 heteroatoms. The number of rotatable bonds is 8. The summed E-state index contributed by atoms with van der Waals surface area (Å²) in [5.74, 6) is -1.30.